The summed E-state index contributed by atoms with van der Waals surface area (Å²) in [5.41, 5.74) is 0.888. The molecule has 1 saturated carbocycles. The summed E-state index contributed by atoms with van der Waals surface area (Å²) >= 11 is 0. The van der Waals surface area contributed by atoms with Crippen molar-refractivity contribution in [2.24, 2.45) is 18.9 Å². The molecule has 1 aliphatic carbocycles. The molecular weight excluding hydrogens is 312 g/mol. The van der Waals surface area contributed by atoms with Crippen LogP contribution in [0.2, 0.25) is 0 Å². The summed E-state index contributed by atoms with van der Waals surface area (Å²) in [4.78, 5) is 37.1. The van der Waals surface area contributed by atoms with Crippen LogP contribution in [-0.4, -0.2) is 54.8 Å². The zero-order valence-corrected chi connectivity index (χ0v) is 13.0. The molecule has 0 aromatic carbocycles. The minimum Gasteiger partial charge on any atom is -0.465 e. The van der Waals surface area contributed by atoms with Gasteiger partial charge in [-0.2, -0.15) is 0 Å². The van der Waals surface area contributed by atoms with Gasteiger partial charge in [-0.15, -0.1) is 0 Å². The van der Waals surface area contributed by atoms with Crippen LogP contribution in [0, 0.1) is 11.8 Å². The lowest BCUT2D eigenvalue weighted by molar-refractivity contribution is 0.150. The maximum absolute atomic E-state index is 12.2. The quantitative estimate of drug-likeness (QED) is 0.830. The lowest BCUT2D eigenvalue weighted by atomic mass is 10.3. The summed E-state index contributed by atoms with van der Waals surface area (Å²) in [6.45, 7) is 1.05. The van der Waals surface area contributed by atoms with Crippen molar-refractivity contribution in [2.45, 2.75) is 6.04 Å². The second kappa shape index (κ2) is 5.29. The molecule has 0 bridgehead atoms. The van der Waals surface area contributed by atoms with Crippen molar-refractivity contribution in [3.05, 3.63) is 35.0 Å². The summed E-state index contributed by atoms with van der Waals surface area (Å²) in [5, 5.41) is 12.3. The molecule has 2 fully saturated rings. The third-order valence-electron chi connectivity index (χ3n) is 4.74. The van der Waals surface area contributed by atoms with Crippen LogP contribution in [0.5, 0.6) is 0 Å². The van der Waals surface area contributed by atoms with Crippen molar-refractivity contribution in [1.82, 2.24) is 24.4 Å². The highest BCUT2D eigenvalue weighted by Gasteiger charge is 2.57. The van der Waals surface area contributed by atoms with Crippen molar-refractivity contribution in [3.63, 3.8) is 0 Å². The Labute approximate surface area is 137 Å². The van der Waals surface area contributed by atoms with Crippen molar-refractivity contribution in [2.75, 3.05) is 18.4 Å². The van der Waals surface area contributed by atoms with Gasteiger partial charge in [0.1, 0.15) is 6.33 Å². The molecule has 0 spiro atoms. The molecule has 3 heterocycles. The number of likely N-dealkylation sites (tertiary alicyclic amines) is 1. The van der Waals surface area contributed by atoms with Crippen LogP contribution in [-0.2, 0) is 7.05 Å². The van der Waals surface area contributed by atoms with Crippen LogP contribution in [0.25, 0.3) is 11.4 Å². The van der Waals surface area contributed by atoms with E-state index in [0.717, 1.165) is 0 Å². The van der Waals surface area contributed by atoms with Crippen LogP contribution in [0.4, 0.5) is 10.7 Å². The van der Waals surface area contributed by atoms with E-state index >= 15 is 0 Å². The van der Waals surface area contributed by atoms with Gasteiger partial charge in [0.2, 0.25) is 5.95 Å². The Morgan fingerprint density at radius 3 is 2.71 bits per heavy atom. The molecular formula is C15H16N6O3. The predicted molar refractivity (Wildman–Crippen MR) is 84.5 cm³/mol. The number of nitrogens with zero attached hydrogens (tertiary/aromatic N) is 5. The zero-order valence-electron chi connectivity index (χ0n) is 13.0. The molecule has 9 heteroatoms. The number of carboxylic acid groups (broad SMARTS) is 1. The van der Waals surface area contributed by atoms with E-state index in [-0.39, 0.29) is 23.4 Å². The maximum Gasteiger partial charge on any atom is 0.407 e. The van der Waals surface area contributed by atoms with Crippen molar-refractivity contribution < 1.29 is 9.90 Å². The summed E-state index contributed by atoms with van der Waals surface area (Å²) in [6, 6.07) is 3.29. The molecule has 4 rings (SSSR count). The highest BCUT2D eigenvalue weighted by Crippen LogP contribution is 2.46. The Balaban J connectivity index is 1.56. The van der Waals surface area contributed by atoms with E-state index in [1.54, 1.807) is 19.3 Å². The van der Waals surface area contributed by atoms with Gasteiger partial charge in [0, 0.05) is 50.3 Å². The number of hydrogen-bond donors (Lipinski definition) is 2. The van der Waals surface area contributed by atoms with E-state index in [1.807, 2.05) is 0 Å². The summed E-state index contributed by atoms with van der Waals surface area (Å²) in [7, 11) is 1.66. The first-order chi connectivity index (χ1) is 11.5. The first-order valence-corrected chi connectivity index (χ1v) is 7.63. The smallest absolute Gasteiger partial charge is 0.407 e. The Bertz CT molecular complexity index is 840. The number of hydrogen-bond acceptors (Lipinski definition) is 6. The number of anilines is 1. The van der Waals surface area contributed by atoms with E-state index in [4.69, 9.17) is 5.11 Å². The zero-order chi connectivity index (χ0) is 16.8. The molecule has 2 aromatic rings. The van der Waals surface area contributed by atoms with E-state index < -0.39 is 6.09 Å². The fourth-order valence-corrected chi connectivity index (χ4v) is 3.29. The maximum atomic E-state index is 12.2. The molecule has 1 amide bonds. The van der Waals surface area contributed by atoms with E-state index in [0.29, 0.717) is 30.4 Å². The molecule has 1 aliphatic heterocycles. The molecule has 24 heavy (non-hydrogen) atoms. The highest BCUT2D eigenvalue weighted by molar-refractivity contribution is 5.66. The fourth-order valence-electron chi connectivity index (χ4n) is 3.29. The lowest BCUT2D eigenvalue weighted by Crippen LogP contribution is -2.33. The van der Waals surface area contributed by atoms with Crippen LogP contribution in [0.15, 0.2) is 29.5 Å². The lowest BCUT2D eigenvalue weighted by Gasteiger charge is -2.17. The summed E-state index contributed by atoms with van der Waals surface area (Å²) in [6.07, 6.45) is 2.13. The highest BCUT2D eigenvalue weighted by atomic mass is 16.4. The monoisotopic (exact) mass is 328 g/mol. The van der Waals surface area contributed by atoms with Crippen molar-refractivity contribution in [1.29, 1.82) is 0 Å². The Morgan fingerprint density at radius 2 is 2.08 bits per heavy atom. The van der Waals surface area contributed by atoms with Gasteiger partial charge < -0.3 is 15.3 Å². The average molecular weight is 328 g/mol. The number of aromatic nitrogens is 4. The molecule has 3 atom stereocenters. The molecule has 1 saturated heterocycles. The number of amides is 1. The average Bonchev–Trinajstić information content (AvgIpc) is 3.02. The minimum absolute atomic E-state index is 0.152. The molecule has 2 aromatic heterocycles. The molecule has 0 unspecified atom stereocenters. The van der Waals surface area contributed by atoms with Gasteiger partial charge in [0.15, 0.2) is 0 Å². The second-order valence-electron chi connectivity index (χ2n) is 6.14. The topological polar surface area (TPSA) is 113 Å². The first-order valence-electron chi connectivity index (χ1n) is 7.63. The van der Waals surface area contributed by atoms with Gasteiger partial charge in [-0.05, 0) is 6.07 Å². The fraction of sp³-hybridized carbons (Fsp3) is 0.400. The van der Waals surface area contributed by atoms with Crippen LogP contribution >= 0.6 is 0 Å². The molecule has 2 N–H and O–H groups in total. The number of rotatable bonds is 3. The van der Waals surface area contributed by atoms with E-state index in [2.05, 4.69) is 20.3 Å². The van der Waals surface area contributed by atoms with E-state index in [9.17, 15) is 9.59 Å². The molecule has 9 nitrogen and oxygen atoms in total. The predicted octanol–water partition coefficient (Wildman–Crippen LogP) is 0.257. The van der Waals surface area contributed by atoms with Crippen LogP contribution in [0.1, 0.15) is 0 Å². The number of fused-ring (bicyclic) bond motifs is 1. The molecule has 124 valence electrons. The standard InChI is InChI=1S/C15H16N6O3/c1-20-12(22)4-11(10-2-3-16-7-17-10)18-14(20)19-13-8-5-21(15(23)24)6-9(8)13/h2-4,7-9,13H,5-6H2,1H3,(H,18,19)(H,23,24)/t8-,9+,13+. The summed E-state index contributed by atoms with van der Waals surface area (Å²) in [5.74, 6) is 1.03. The van der Waals surface area contributed by atoms with Gasteiger partial charge in [-0.3, -0.25) is 9.36 Å². The van der Waals surface area contributed by atoms with Crippen molar-refractivity contribution >= 4 is 12.0 Å². The minimum atomic E-state index is -0.878. The third-order valence-corrected chi connectivity index (χ3v) is 4.74. The van der Waals surface area contributed by atoms with E-state index in [1.165, 1.54) is 21.9 Å². The number of nitrogens with one attached hydrogen (secondary N) is 1. The normalized spacial score (nSPS) is 24.5. The van der Waals surface area contributed by atoms with Gasteiger partial charge in [-0.1, -0.05) is 0 Å². The summed E-state index contributed by atoms with van der Waals surface area (Å²) < 4.78 is 1.45. The van der Waals surface area contributed by atoms with Crippen LogP contribution < -0.4 is 10.9 Å². The largest absolute Gasteiger partial charge is 0.465 e. The molecule has 2 aliphatic rings. The Hall–Kier alpha value is -2.97. The number of carbonyl (C=O) groups is 1. The third kappa shape index (κ3) is 2.38. The van der Waals surface area contributed by atoms with Crippen molar-refractivity contribution in [3.8, 4) is 11.4 Å². The number of piperidine rings is 1. The Morgan fingerprint density at radius 1 is 1.33 bits per heavy atom. The van der Waals surface area contributed by atoms with Gasteiger partial charge in [0.25, 0.3) is 5.56 Å². The van der Waals surface area contributed by atoms with Gasteiger partial charge >= 0.3 is 6.09 Å². The SMILES string of the molecule is Cn1c(N[C@H]2[C@@H]3CN(C(=O)O)C[C@@H]32)nc(-c2ccncn2)cc1=O. The first kappa shape index (κ1) is 14.6. The van der Waals surface area contributed by atoms with Gasteiger partial charge in [0.05, 0.1) is 11.4 Å². The second-order valence-corrected chi connectivity index (χ2v) is 6.14. The van der Waals surface area contributed by atoms with Crippen LogP contribution in [0.3, 0.4) is 0 Å². The Kier molecular flexibility index (Phi) is 3.22. The van der Waals surface area contributed by atoms with Gasteiger partial charge in [-0.25, -0.2) is 19.7 Å². The molecule has 0 radical (unpaired) electrons.